The lowest BCUT2D eigenvalue weighted by Crippen LogP contribution is -2.10. The molecule has 0 aliphatic heterocycles. The van der Waals surface area contributed by atoms with Gasteiger partial charge in [0.2, 0.25) is 5.95 Å². The van der Waals surface area contributed by atoms with E-state index in [2.05, 4.69) is 31.2 Å². The maximum atomic E-state index is 4.56. The van der Waals surface area contributed by atoms with Crippen LogP contribution >= 0.6 is 0 Å². The number of fused-ring (bicyclic) bond motifs is 1. The van der Waals surface area contributed by atoms with E-state index in [1.165, 1.54) is 0 Å². The van der Waals surface area contributed by atoms with Crippen molar-refractivity contribution in [3.63, 3.8) is 0 Å². The van der Waals surface area contributed by atoms with Gasteiger partial charge in [0.1, 0.15) is 0 Å². The maximum absolute atomic E-state index is 4.56. The van der Waals surface area contributed by atoms with Gasteiger partial charge in [-0.25, -0.2) is 4.98 Å². The molecule has 3 aromatic rings. The minimum absolute atomic E-state index is 0.858. The summed E-state index contributed by atoms with van der Waals surface area (Å²) >= 11 is 0. The zero-order valence-electron chi connectivity index (χ0n) is 10.8. The van der Waals surface area contributed by atoms with E-state index >= 15 is 0 Å². The molecule has 0 spiro atoms. The van der Waals surface area contributed by atoms with Gasteiger partial charge in [0.05, 0.1) is 17.2 Å². The second-order valence-electron chi connectivity index (χ2n) is 4.43. The molecule has 0 saturated carbocycles. The largest absolute Gasteiger partial charge is 0.356 e. The fraction of sp³-hybridized carbons (Fsp3) is 0.308. The number of rotatable bonds is 5. The van der Waals surface area contributed by atoms with Crippen molar-refractivity contribution >= 4 is 17.0 Å². The smallest absolute Gasteiger partial charge is 0.203 e. The minimum Gasteiger partial charge on any atom is -0.356 e. The lowest BCUT2D eigenvalue weighted by Gasteiger charge is -2.05. The highest BCUT2D eigenvalue weighted by atomic mass is 15.4. The fourth-order valence-corrected chi connectivity index (χ4v) is 2.10. The molecule has 1 N–H and O–H groups in total. The Morgan fingerprint density at radius 1 is 1.26 bits per heavy atom. The van der Waals surface area contributed by atoms with Gasteiger partial charge in [0.25, 0.3) is 0 Å². The molecular weight excluding hydrogens is 240 g/mol. The number of anilines is 1. The molecule has 2 aromatic heterocycles. The lowest BCUT2D eigenvalue weighted by atomic mass is 10.3. The molecule has 98 valence electrons. The molecule has 0 aliphatic carbocycles. The quantitative estimate of drug-likeness (QED) is 0.705. The van der Waals surface area contributed by atoms with E-state index in [1.54, 1.807) is 6.20 Å². The number of hydrogen-bond acceptors (Lipinski definition) is 4. The SMILES string of the molecule is Cn1c(NCCCn2ccnn2)nc2ccccc21. The lowest BCUT2D eigenvalue weighted by molar-refractivity contribution is 0.569. The molecule has 6 heteroatoms. The third-order valence-electron chi connectivity index (χ3n) is 3.11. The van der Waals surface area contributed by atoms with E-state index < -0.39 is 0 Å². The highest BCUT2D eigenvalue weighted by Crippen LogP contribution is 2.17. The summed E-state index contributed by atoms with van der Waals surface area (Å²) in [6, 6.07) is 8.13. The van der Waals surface area contributed by atoms with Gasteiger partial charge in [-0.3, -0.25) is 4.68 Å². The summed E-state index contributed by atoms with van der Waals surface area (Å²) < 4.78 is 3.90. The van der Waals surface area contributed by atoms with Crippen LogP contribution in [0.15, 0.2) is 36.7 Å². The number of imidazole rings is 1. The van der Waals surface area contributed by atoms with Crippen LogP contribution in [0, 0.1) is 0 Å². The first-order chi connectivity index (χ1) is 9.34. The summed E-state index contributed by atoms with van der Waals surface area (Å²) in [7, 11) is 2.02. The summed E-state index contributed by atoms with van der Waals surface area (Å²) in [6.45, 7) is 1.72. The highest BCUT2D eigenvalue weighted by Gasteiger charge is 2.05. The molecule has 0 unspecified atom stereocenters. The van der Waals surface area contributed by atoms with Crippen molar-refractivity contribution < 1.29 is 0 Å². The number of nitrogens with zero attached hydrogens (tertiary/aromatic N) is 5. The van der Waals surface area contributed by atoms with E-state index in [4.69, 9.17) is 0 Å². The Kier molecular flexibility index (Phi) is 3.14. The van der Waals surface area contributed by atoms with Gasteiger partial charge in [-0.1, -0.05) is 17.3 Å². The van der Waals surface area contributed by atoms with Gasteiger partial charge >= 0.3 is 0 Å². The van der Waals surface area contributed by atoms with Crippen molar-refractivity contribution in [3.8, 4) is 0 Å². The fourth-order valence-electron chi connectivity index (χ4n) is 2.10. The first kappa shape index (κ1) is 11.7. The van der Waals surface area contributed by atoms with E-state index in [0.29, 0.717) is 0 Å². The normalized spacial score (nSPS) is 11.0. The van der Waals surface area contributed by atoms with Crippen LogP contribution in [0.2, 0.25) is 0 Å². The van der Waals surface area contributed by atoms with Gasteiger partial charge in [-0.05, 0) is 18.6 Å². The van der Waals surface area contributed by atoms with Gasteiger partial charge in [-0.15, -0.1) is 5.10 Å². The Labute approximate surface area is 111 Å². The van der Waals surface area contributed by atoms with Crippen molar-refractivity contribution in [1.29, 1.82) is 0 Å². The average Bonchev–Trinajstić information content (AvgIpc) is 3.04. The van der Waals surface area contributed by atoms with Crippen LogP contribution in [0.4, 0.5) is 5.95 Å². The van der Waals surface area contributed by atoms with Crippen LogP contribution in [-0.4, -0.2) is 31.1 Å². The van der Waals surface area contributed by atoms with Crippen LogP contribution in [0.5, 0.6) is 0 Å². The molecule has 19 heavy (non-hydrogen) atoms. The monoisotopic (exact) mass is 256 g/mol. The Balaban J connectivity index is 1.61. The number of aromatic nitrogens is 5. The average molecular weight is 256 g/mol. The maximum Gasteiger partial charge on any atom is 0.203 e. The molecular formula is C13H16N6. The molecule has 0 saturated heterocycles. The van der Waals surface area contributed by atoms with Crippen molar-refractivity contribution in [2.75, 3.05) is 11.9 Å². The van der Waals surface area contributed by atoms with Crippen LogP contribution in [0.1, 0.15) is 6.42 Å². The summed E-state index contributed by atoms with van der Waals surface area (Å²) in [5.41, 5.74) is 2.16. The Morgan fingerprint density at radius 3 is 2.95 bits per heavy atom. The molecule has 1 aromatic carbocycles. The summed E-state index contributed by atoms with van der Waals surface area (Å²) in [6.07, 6.45) is 4.54. The number of aryl methyl sites for hydroxylation is 2. The summed E-state index contributed by atoms with van der Waals surface area (Å²) in [5.74, 6) is 0.903. The molecule has 0 bridgehead atoms. The van der Waals surface area contributed by atoms with Crippen LogP contribution < -0.4 is 5.32 Å². The zero-order chi connectivity index (χ0) is 13.1. The summed E-state index contributed by atoms with van der Waals surface area (Å²) in [4.78, 5) is 4.56. The van der Waals surface area contributed by atoms with Gasteiger partial charge in [0.15, 0.2) is 0 Å². The van der Waals surface area contributed by atoms with E-state index in [0.717, 1.165) is 36.5 Å². The Bertz CT molecular complexity index is 655. The van der Waals surface area contributed by atoms with Crippen molar-refractivity contribution in [2.24, 2.45) is 7.05 Å². The number of hydrogen-bond donors (Lipinski definition) is 1. The van der Waals surface area contributed by atoms with Crippen LogP contribution in [-0.2, 0) is 13.6 Å². The molecule has 0 aliphatic rings. The molecule has 3 rings (SSSR count). The van der Waals surface area contributed by atoms with E-state index in [-0.39, 0.29) is 0 Å². The van der Waals surface area contributed by atoms with Crippen molar-refractivity contribution in [1.82, 2.24) is 24.5 Å². The Hall–Kier alpha value is -2.37. The molecule has 0 atom stereocenters. The molecule has 6 nitrogen and oxygen atoms in total. The molecule has 0 fully saturated rings. The predicted octanol–water partition coefficient (Wildman–Crippen LogP) is 1.67. The third-order valence-corrected chi connectivity index (χ3v) is 3.11. The van der Waals surface area contributed by atoms with E-state index in [1.807, 2.05) is 36.1 Å². The van der Waals surface area contributed by atoms with Gasteiger partial charge in [0, 0.05) is 26.3 Å². The summed E-state index contributed by atoms with van der Waals surface area (Å²) in [5, 5.41) is 11.1. The number of benzene rings is 1. The second kappa shape index (κ2) is 5.09. The van der Waals surface area contributed by atoms with Gasteiger partial charge < -0.3 is 9.88 Å². The number of nitrogens with one attached hydrogen (secondary N) is 1. The predicted molar refractivity (Wildman–Crippen MR) is 73.8 cm³/mol. The third kappa shape index (κ3) is 2.42. The van der Waals surface area contributed by atoms with Crippen LogP contribution in [0.3, 0.4) is 0 Å². The first-order valence-corrected chi connectivity index (χ1v) is 6.34. The topological polar surface area (TPSA) is 60.6 Å². The zero-order valence-corrected chi connectivity index (χ0v) is 10.8. The second-order valence-corrected chi connectivity index (χ2v) is 4.43. The van der Waals surface area contributed by atoms with Gasteiger partial charge in [-0.2, -0.15) is 0 Å². The van der Waals surface area contributed by atoms with Crippen molar-refractivity contribution in [3.05, 3.63) is 36.7 Å². The molecule has 0 amide bonds. The highest BCUT2D eigenvalue weighted by molar-refractivity contribution is 5.78. The minimum atomic E-state index is 0.858. The number of para-hydroxylation sites is 2. The van der Waals surface area contributed by atoms with Crippen LogP contribution in [0.25, 0.3) is 11.0 Å². The molecule has 2 heterocycles. The Morgan fingerprint density at radius 2 is 2.16 bits per heavy atom. The van der Waals surface area contributed by atoms with Crippen molar-refractivity contribution in [2.45, 2.75) is 13.0 Å². The first-order valence-electron chi connectivity index (χ1n) is 6.34. The van der Waals surface area contributed by atoms with E-state index in [9.17, 15) is 0 Å². The standard InChI is InChI=1S/C13H16N6/c1-18-12-6-3-2-5-11(12)16-13(18)14-7-4-9-19-10-8-15-17-19/h2-3,5-6,8,10H,4,7,9H2,1H3,(H,14,16). The molecule has 0 radical (unpaired) electrons.